The van der Waals surface area contributed by atoms with E-state index in [0.29, 0.717) is 12.4 Å². The highest BCUT2D eigenvalue weighted by molar-refractivity contribution is 8.01. The molecule has 0 aliphatic carbocycles. The molecule has 3 aromatic rings. The summed E-state index contributed by atoms with van der Waals surface area (Å²) in [5.74, 6) is 1.33. The predicted molar refractivity (Wildman–Crippen MR) is 122 cm³/mol. The molecule has 0 atom stereocenters. The summed E-state index contributed by atoms with van der Waals surface area (Å²) in [6.07, 6.45) is 1.80. The number of thioether (sulfide) groups is 1. The van der Waals surface area contributed by atoms with E-state index in [1.54, 1.807) is 17.4 Å². The lowest BCUT2D eigenvalue weighted by Gasteiger charge is -2.23. The maximum atomic E-state index is 12.7. The first kappa shape index (κ1) is 20.0. The van der Waals surface area contributed by atoms with Gasteiger partial charge in [0.05, 0.1) is 22.6 Å². The van der Waals surface area contributed by atoms with Crippen LogP contribution >= 0.6 is 23.1 Å². The van der Waals surface area contributed by atoms with Gasteiger partial charge in [0, 0.05) is 29.9 Å². The van der Waals surface area contributed by atoms with Gasteiger partial charge in [0.15, 0.2) is 10.1 Å². The molecule has 150 valence electrons. The van der Waals surface area contributed by atoms with Crippen LogP contribution in [0.1, 0.15) is 26.3 Å². The first-order valence-corrected chi connectivity index (χ1v) is 11.4. The summed E-state index contributed by atoms with van der Waals surface area (Å²) in [6, 6.07) is 14.3. The van der Waals surface area contributed by atoms with Crippen molar-refractivity contribution in [3.8, 4) is 5.75 Å². The van der Waals surface area contributed by atoms with Gasteiger partial charge in [-0.15, -0.1) is 11.3 Å². The average Bonchev–Trinajstić information content (AvgIpc) is 3.19. The summed E-state index contributed by atoms with van der Waals surface area (Å²) < 4.78 is 7.54. The van der Waals surface area contributed by atoms with Gasteiger partial charge in [-0.05, 0) is 36.8 Å². The average molecular weight is 425 g/mol. The number of rotatable bonds is 6. The molecule has 2 aromatic carbocycles. The Hall–Kier alpha value is -2.31. The van der Waals surface area contributed by atoms with Crippen molar-refractivity contribution in [2.24, 2.45) is 0 Å². The van der Waals surface area contributed by atoms with Gasteiger partial charge in [-0.1, -0.05) is 43.8 Å². The maximum absolute atomic E-state index is 12.7. The lowest BCUT2D eigenvalue weighted by Crippen LogP contribution is -2.24. The summed E-state index contributed by atoms with van der Waals surface area (Å²) >= 11 is 3.10. The van der Waals surface area contributed by atoms with Crippen LogP contribution in [0.25, 0.3) is 10.2 Å². The molecular formula is C23H24N2O2S2. The molecule has 4 rings (SSSR count). The number of carbonyl (C=O) groups is 1. The number of para-hydroxylation sites is 1. The van der Waals surface area contributed by atoms with E-state index < -0.39 is 0 Å². The Labute approximate surface area is 179 Å². The van der Waals surface area contributed by atoms with Gasteiger partial charge >= 0.3 is 0 Å². The lowest BCUT2D eigenvalue weighted by atomic mass is 9.83. The number of hydrogen-bond donors (Lipinski definition) is 0. The largest absolute Gasteiger partial charge is 0.494 e. The number of ketones is 1. The van der Waals surface area contributed by atoms with E-state index in [0.717, 1.165) is 26.0 Å². The number of likely N-dealkylation sites (N-methyl/N-ethyl adjacent to an activating group) is 1. The number of aromatic nitrogens is 1. The van der Waals surface area contributed by atoms with Crippen LogP contribution in [-0.4, -0.2) is 30.2 Å². The molecule has 0 bridgehead atoms. The minimum absolute atomic E-state index is 0.104. The molecule has 0 spiro atoms. The molecule has 1 aliphatic rings. The number of ether oxygens (including phenoxy) is 1. The Morgan fingerprint density at radius 1 is 1.28 bits per heavy atom. The molecule has 0 N–H and O–H groups in total. The number of thiazole rings is 1. The van der Waals surface area contributed by atoms with E-state index in [2.05, 4.69) is 41.9 Å². The molecule has 6 heteroatoms. The zero-order valence-electron chi connectivity index (χ0n) is 17.1. The molecule has 0 unspecified atom stereocenters. The van der Waals surface area contributed by atoms with Gasteiger partial charge in [0.25, 0.3) is 0 Å². The van der Waals surface area contributed by atoms with Gasteiger partial charge in [0.1, 0.15) is 5.75 Å². The molecule has 2 heterocycles. The molecule has 1 aliphatic heterocycles. The molecule has 1 aromatic heterocycles. The van der Waals surface area contributed by atoms with Crippen LogP contribution in [0, 0.1) is 0 Å². The minimum Gasteiger partial charge on any atom is -0.494 e. The highest BCUT2D eigenvalue weighted by Gasteiger charge is 2.38. The Kier molecular flexibility index (Phi) is 5.40. The SMILES string of the molecule is CCOc1ccc2nc(SCC(=O)/C=C3\N(C)c4ccccc4C3(C)C)sc2c1. The number of hydrogen-bond acceptors (Lipinski definition) is 6. The highest BCUT2D eigenvalue weighted by atomic mass is 32.2. The smallest absolute Gasteiger partial charge is 0.167 e. The van der Waals surface area contributed by atoms with E-state index in [1.165, 1.54) is 23.0 Å². The number of carbonyl (C=O) groups excluding carboxylic acids is 1. The molecule has 0 fully saturated rings. The van der Waals surface area contributed by atoms with Crippen molar-refractivity contribution in [3.05, 3.63) is 59.8 Å². The summed E-state index contributed by atoms with van der Waals surface area (Å²) in [4.78, 5) is 19.5. The van der Waals surface area contributed by atoms with E-state index >= 15 is 0 Å². The van der Waals surface area contributed by atoms with Gasteiger partial charge < -0.3 is 9.64 Å². The molecule has 0 saturated carbocycles. The summed E-state index contributed by atoms with van der Waals surface area (Å²) in [5, 5.41) is 0. The van der Waals surface area contributed by atoms with Crippen LogP contribution in [0.4, 0.5) is 5.69 Å². The number of benzene rings is 2. The molecule has 0 radical (unpaired) electrons. The van der Waals surface area contributed by atoms with Gasteiger partial charge in [-0.25, -0.2) is 4.98 Å². The Morgan fingerprint density at radius 2 is 2.07 bits per heavy atom. The van der Waals surface area contributed by atoms with Crippen molar-refractivity contribution in [2.75, 3.05) is 24.3 Å². The Balaban J connectivity index is 1.48. The summed E-state index contributed by atoms with van der Waals surface area (Å²) in [5.41, 5.74) is 4.22. The fourth-order valence-corrected chi connectivity index (χ4v) is 5.71. The number of anilines is 1. The van der Waals surface area contributed by atoms with Crippen LogP contribution < -0.4 is 9.64 Å². The van der Waals surface area contributed by atoms with Crippen molar-refractivity contribution in [2.45, 2.75) is 30.5 Å². The summed E-state index contributed by atoms with van der Waals surface area (Å²) in [6.45, 7) is 6.96. The fourth-order valence-electron chi connectivity index (χ4n) is 3.79. The first-order chi connectivity index (χ1) is 13.9. The number of fused-ring (bicyclic) bond motifs is 2. The Morgan fingerprint density at radius 3 is 2.83 bits per heavy atom. The highest BCUT2D eigenvalue weighted by Crippen LogP contribution is 2.46. The zero-order valence-corrected chi connectivity index (χ0v) is 18.7. The minimum atomic E-state index is -0.183. The van der Waals surface area contributed by atoms with Crippen molar-refractivity contribution in [1.29, 1.82) is 0 Å². The second-order valence-electron chi connectivity index (χ2n) is 7.53. The quantitative estimate of drug-likeness (QED) is 0.377. The van der Waals surface area contributed by atoms with Crippen LogP contribution in [-0.2, 0) is 10.2 Å². The second kappa shape index (κ2) is 7.84. The predicted octanol–water partition coefficient (Wildman–Crippen LogP) is 5.67. The van der Waals surface area contributed by atoms with Gasteiger partial charge in [-0.2, -0.15) is 0 Å². The molecule has 29 heavy (non-hydrogen) atoms. The summed E-state index contributed by atoms with van der Waals surface area (Å²) in [7, 11) is 2.03. The molecule has 4 nitrogen and oxygen atoms in total. The van der Waals surface area contributed by atoms with Crippen molar-refractivity contribution in [3.63, 3.8) is 0 Å². The molecule has 0 saturated heterocycles. The maximum Gasteiger partial charge on any atom is 0.167 e. The topological polar surface area (TPSA) is 42.4 Å². The standard InChI is InChI=1S/C23H24N2O2S2/c1-5-27-16-10-11-18-20(13-16)29-22(24-18)28-14-15(26)12-21-23(2,3)17-8-6-7-9-19(17)25(21)4/h6-13H,5,14H2,1-4H3/b21-12-. The van der Waals surface area contributed by atoms with E-state index in [-0.39, 0.29) is 11.2 Å². The van der Waals surface area contributed by atoms with E-state index in [4.69, 9.17) is 4.74 Å². The van der Waals surface area contributed by atoms with Crippen LogP contribution in [0.15, 0.2) is 58.6 Å². The van der Waals surface area contributed by atoms with Gasteiger partial charge in [-0.3, -0.25) is 4.79 Å². The third kappa shape index (κ3) is 3.79. The zero-order chi connectivity index (χ0) is 20.6. The number of allylic oxidation sites excluding steroid dienone is 2. The monoisotopic (exact) mass is 424 g/mol. The van der Waals surface area contributed by atoms with Crippen LogP contribution in [0.5, 0.6) is 5.75 Å². The third-order valence-corrected chi connectivity index (χ3v) is 7.41. The second-order valence-corrected chi connectivity index (χ2v) is 9.78. The van der Waals surface area contributed by atoms with Crippen LogP contribution in [0.2, 0.25) is 0 Å². The normalized spacial score (nSPS) is 16.4. The number of nitrogens with zero attached hydrogens (tertiary/aromatic N) is 2. The third-order valence-electron chi connectivity index (χ3n) is 5.23. The fraction of sp³-hybridized carbons (Fsp3) is 0.304. The molecular weight excluding hydrogens is 400 g/mol. The van der Waals surface area contributed by atoms with Crippen molar-refractivity contribution < 1.29 is 9.53 Å². The van der Waals surface area contributed by atoms with Gasteiger partial charge in [0.2, 0.25) is 0 Å². The molecule has 0 amide bonds. The Bertz CT molecular complexity index is 1100. The lowest BCUT2D eigenvalue weighted by molar-refractivity contribution is -0.112. The van der Waals surface area contributed by atoms with E-state index in [1.807, 2.05) is 38.2 Å². The van der Waals surface area contributed by atoms with Crippen molar-refractivity contribution >= 4 is 44.8 Å². The van der Waals surface area contributed by atoms with E-state index in [9.17, 15) is 4.79 Å². The van der Waals surface area contributed by atoms with Crippen molar-refractivity contribution in [1.82, 2.24) is 4.98 Å². The van der Waals surface area contributed by atoms with Crippen LogP contribution in [0.3, 0.4) is 0 Å². The first-order valence-electron chi connectivity index (χ1n) is 9.64.